The van der Waals surface area contributed by atoms with E-state index in [1.165, 1.54) is 34.4 Å². The molecule has 0 saturated carbocycles. The number of carbonyl (C=O) groups excluding carboxylic acids is 1. The van der Waals surface area contributed by atoms with Crippen molar-refractivity contribution < 1.29 is 24.5 Å². The minimum absolute atomic E-state index is 0.117. The van der Waals surface area contributed by atoms with Crippen molar-refractivity contribution >= 4 is 22.8 Å². The van der Waals surface area contributed by atoms with Crippen molar-refractivity contribution in [1.82, 2.24) is 10.3 Å². The molecule has 1 unspecified atom stereocenters. The summed E-state index contributed by atoms with van der Waals surface area (Å²) in [5.74, 6) is -1.69. The average Bonchev–Trinajstić information content (AvgIpc) is 3.27. The number of hydrogen-bond donors (Lipinski definition) is 4. The van der Waals surface area contributed by atoms with Crippen LogP contribution in [-0.2, 0) is 35.3 Å². The molecule has 1 aromatic heterocycles. The van der Waals surface area contributed by atoms with Crippen LogP contribution in [0.5, 0.6) is 5.75 Å². The first-order valence-corrected chi connectivity index (χ1v) is 12.4. The molecule has 8 heteroatoms. The zero-order valence-electron chi connectivity index (χ0n) is 20.6. The highest BCUT2D eigenvalue weighted by molar-refractivity contribution is 5.90. The van der Waals surface area contributed by atoms with Gasteiger partial charge in [-0.3, -0.25) is 14.4 Å². The lowest BCUT2D eigenvalue weighted by Gasteiger charge is -2.19. The van der Waals surface area contributed by atoms with Crippen molar-refractivity contribution in [1.29, 1.82) is 0 Å². The van der Waals surface area contributed by atoms with Gasteiger partial charge >= 0.3 is 11.9 Å². The molecule has 4 rings (SSSR count). The Morgan fingerprint density at radius 1 is 1.06 bits per heavy atom. The molecule has 0 amide bonds. The van der Waals surface area contributed by atoms with E-state index in [1.54, 1.807) is 12.1 Å². The number of aryl methyl sites for hydroxylation is 2. The van der Waals surface area contributed by atoms with Gasteiger partial charge in [-0.15, -0.1) is 0 Å². The van der Waals surface area contributed by atoms with Crippen molar-refractivity contribution in [3.63, 3.8) is 0 Å². The number of carboxylic acid groups (broad SMARTS) is 1. The zero-order valence-corrected chi connectivity index (χ0v) is 20.6. The van der Waals surface area contributed by atoms with E-state index in [1.807, 2.05) is 0 Å². The first kappa shape index (κ1) is 25.6. The van der Waals surface area contributed by atoms with Crippen LogP contribution in [0, 0.1) is 0 Å². The van der Waals surface area contributed by atoms with Crippen LogP contribution >= 0.6 is 0 Å². The molecule has 1 heterocycles. The molecule has 0 fully saturated rings. The third kappa shape index (κ3) is 5.66. The highest BCUT2D eigenvalue weighted by Crippen LogP contribution is 2.31. The number of aliphatic carboxylic acids is 1. The molecule has 0 saturated heterocycles. The quantitative estimate of drug-likeness (QED) is 0.253. The summed E-state index contributed by atoms with van der Waals surface area (Å²) in [5.41, 5.74) is 6.05. The third-order valence-electron chi connectivity index (χ3n) is 6.83. The minimum Gasteiger partial charge on any atom is -0.481 e. The number of aromatic amines is 1. The van der Waals surface area contributed by atoms with E-state index in [2.05, 4.69) is 36.3 Å². The largest absolute Gasteiger partial charge is 0.481 e. The number of aliphatic hydroxyl groups is 1. The van der Waals surface area contributed by atoms with Gasteiger partial charge in [0.05, 0.1) is 24.5 Å². The van der Waals surface area contributed by atoms with Gasteiger partial charge in [0.25, 0.3) is 0 Å². The highest BCUT2D eigenvalue weighted by atomic mass is 16.5. The number of H-pyrrole nitrogens is 1. The number of pyridine rings is 1. The number of aliphatic hydroxyl groups excluding tert-OH is 1. The van der Waals surface area contributed by atoms with Gasteiger partial charge in [0.2, 0.25) is 5.56 Å². The minimum atomic E-state index is -1.10. The van der Waals surface area contributed by atoms with Crippen LogP contribution in [-0.4, -0.2) is 39.7 Å². The zero-order chi connectivity index (χ0) is 25.8. The molecule has 4 N–H and O–H groups in total. The molecule has 0 aliphatic heterocycles. The molecule has 2 aromatic carbocycles. The molecule has 0 spiro atoms. The predicted molar refractivity (Wildman–Crippen MR) is 136 cm³/mol. The Morgan fingerprint density at radius 3 is 2.33 bits per heavy atom. The van der Waals surface area contributed by atoms with E-state index < -0.39 is 18.0 Å². The summed E-state index contributed by atoms with van der Waals surface area (Å²) in [7, 11) is 0. The molecular formula is C28H32N2O6. The van der Waals surface area contributed by atoms with Crippen molar-refractivity contribution in [3.8, 4) is 5.75 Å². The van der Waals surface area contributed by atoms with Gasteiger partial charge in [0.1, 0.15) is 0 Å². The Morgan fingerprint density at radius 2 is 1.72 bits per heavy atom. The molecule has 0 bridgehead atoms. The highest BCUT2D eigenvalue weighted by Gasteiger charge is 2.24. The fraction of sp³-hybridized carbons (Fsp3) is 0.393. The van der Waals surface area contributed by atoms with Crippen molar-refractivity contribution in [2.45, 2.75) is 64.5 Å². The number of hydrogen-bond acceptors (Lipinski definition) is 6. The Labute approximate surface area is 209 Å². The molecule has 190 valence electrons. The van der Waals surface area contributed by atoms with E-state index in [-0.39, 0.29) is 35.7 Å². The van der Waals surface area contributed by atoms with Gasteiger partial charge in [-0.2, -0.15) is 0 Å². The summed E-state index contributed by atoms with van der Waals surface area (Å²) in [6.07, 6.45) is 2.39. The molecule has 3 aromatic rings. The lowest BCUT2D eigenvalue weighted by Crippen LogP contribution is -2.33. The number of carboxylic acids is 1. The van der Waals surface area contributed by atoms with Crippen molar-refractivity contribution in [2.24, 2.45) is 0 Å². The second-order valence-electron chi connectivity index (χ2n) is 9.26. The van der Waals surface area contributed by atoms with Crippen LogP contribution in [0.4, 0.5) is 0 Å². The third-order valence-corrected chi connectivity index (χ3v) is 6.83. The van der Waals surface area contributed by atoms with E-state index in [9.17, 15) is 19.5 Å². The van der Waals surface area contributed by atoms with Crippen LogP contribution in [0.2, 0.25) is 0 Å². The fourth-order valence-corrected chi connectivity index (χ4v) is 4.97. The summed E-state index contributed by atoms with van der Waals surface area (Å²) in [5, 5.41) is 23.8. The fourth-order valence-electron chi connectivity index (χ4n) is 4.97. The standard InChI is InChI=1S/C28H32N2O6/c1-3-16-11-18-13-20(14-19(18)12-17(16)4-2)29-15-23(31)21-5-7-24(36-27(35)10-9-26(33)34)28-22(21)6-8-25(32)30-28/h5-8,11-12,20,23,29,31H,3-4,9-10,13-15H2,1-2H3,(H,30,32)(H,33,34). The number of fused-ring (bicyclic) bond motifs is 2. The van der Waals surface area contributed by atoms with E-state index in [4.69, 9.17) is 9.84 Å². The molecule has 0 radical (unpaired) electrons. The van der Waals surface area contributed by atoms with Gasteiger partial charge in [-0.05, 0) is 65.6 Å². The molecule has 8 nitrogen and oxygen atoms in total. The van der Waals surface area contributed by atoms with Crippen LogP contribution < -0.4 is 15.6 Å². The number of carbonyl (C=O) groups is 2. The Bertz CT molecular complexity index is 1310. The topological polar surface area (TPSA) is 129 Å². The van der Waals surface area contributed by atoms with Gasteiger partial charge in [0, 0.05) is 24.0 Å². The van der Waals surface area contributed by atoms with Gasteiger partial charge in [0.15, 0.2) is 5.75 Å². The molecular weight excluding hydrogens is 460 g/mol. The monoisotopic (exact) mass is 492 g/mol. The summed E-state index contributed by atoms with van der Waals surface area (Å²) in [6.45, 7) is 4.69. The van der Waals surface area contributed by atoms with E-state index >= 15 is 0 Å². The summed E-state index contributed by atoms with van der Waals surface area (Å²) in [4.78, 5) is 37.4. The summed E-state index contributed by atoms with van der Waals surface area (Å²) < 4.78 is 5.31. The molecule has 36 heavy (non-hydrogen) atoms. The van der Waals surface area contributed by atoms with E-state index in [0.717, 1.165) is 25.7 Å². The normalized spacial score (nSPS) is 14.1. The Kier molecular flexibility index (Phi) is 7.86. The predicted octanol–water partition coefficient (Wildman–Crippen LogP) is 3.21. The van der Waals surface area contributed by atoms with E-state index in [0.29, 0.717) is 17.5 Å². The maximum atomic E-state index is 12.1. The first-order chi connectivity index (χ1) is 17.3. The number of aromatic nitrogens is 1. The lowest BCUT2D eigenvalue weighted by molar-refractivity contribution is -0.142. The van der Waals surface area contributed by atoms with Crippen LogP contribution in [0.15, 0.2) is 41.2 Å². The number of esters is 1. The van der Waals surface area contributed by atoms with Gasteiger partial charge in [-0.25, -0.2) is 0 Å². The van der Waals surface area contributed by atoms with Crippen molar-refractivity contribution in [3.05, 3.63) is 74.6 Å². The summed E-state index contributed by atoms with van der Waals surface area (Å²) in [6, 6.07) is 11.0. The smallest absolute Gasteiger partial charge is 0.311 e. The lowest BCUT2D eigenvalue weighted by atomic mass is 9.97. The van der Waals surface area contributed by atoms with Crippen LogP contribution in [0.1, 0.15) is 60.6 Å². The Balaban J connectivity index is 1.48. The van der Waals surface area contributed by atoms with Gasteiger partial charge in [-0.1, -0.05) is 32.0 Å². The average molecular weight is 493 g/mol. The number of nitrogens with one attached hydrogen (secondary N) is 2. The number of benzene rings is 2. The molecule has 1 aliphatic rings. The second-order valence-corrected chi connectivity index (χ2v) is 9.26. The maximum absolute atomic E-state index is 12.1. The Hall–Kier alpha value is -3.49. The second kappa shape index (κ2) is 11.1. The first-order valence-electron chi connectivity index (χ1n) is 12.4. The number of ether oxygens (including phenoxy) is 1. The summed E-state index contributed by atoms with van der Waals surface area (Å²) >= 11 is 0. The van der Waals surface area contributed by atoms with Crippen LogP contribution in [0.3, 0.4) is 0 Å². The maximum Gasteiger partial charge on any atom is 0.311 e. The number of rotatable bonds is 10. The molecule has 1 atom stereocenters. The van der Waals surface area contributed by atoms with Gasteiger partial charge < -0.3 is 25.3 Å². The van der Waals surface area contributed by atoms with Crippen LogP contribution in [0.25, 0.3) is 10.9 Å². The van der Waals surface area contributed by atoms with Crippen molar-refractivity contribution in [2.75, 3.05) is 6.54 Å². The molecule has 1 aliphatic carbocycles. The SMILES string of the molecule is CCc1cc2c(cc1CC)CC(NCC(O)c1ccc(OC(=O)CCC(=O)O)c3[nH]c(=O)ccc13)C2.